The third-order valence-electron chi connectivity index (χ3n) is 4.40. The first-order chi connectivity index (χ1) is 15.3. The van der Waals surface area contributed by atoms with E-state index in [1.165, 1.54) is 6.92 Å². The maximum absolute atomic E-state index is 13.7. The second kappa shape index (κ2) is 8.57. The average Bonchev–Trinajstić information content (AvgIpc) is 2.97. The number of likely N-dealkylation sites (N-methyl/N-ethyl adjacent to an activating group) is 1. The zero-order valence-electron chi connectivity index (χ0n) is 16.4. The van der Waals surface area contributed by atoms with Crippen LogP contribution in [-0.4, -0.2) is 83.5 Å². The van der Waals surface area contributed by atoms with Gasteiger partial charge in [-0.25, -0.2) is 14.2 Å². The first-order valence-electron chi connectivity index (χ1n) is 8.42. The summed E-state index contributed by atoms with van der Waals surface area (Å²) in [7, 11) is 0. The SMILES string of the molecule is CCN1N=C(C(=O)OCC(F)(F)C(F)(F)C(F)(F)C(F)(F)C(F)(C(F)(F)F)C(F)(F)F)C(N)C1=O. The van der Waals surface area contributed by atoms with E-state index < -0.39 is 71.9 Å². The third kappa shape index (κ3) is 4.34. The Morgan fingerprint density at radius 3 is 1.63 bits per heavy atom. The number of halogens is 15. The summed E-state index contributed by atoms with van der Waals surface area (Å²) in [5.41, 5.74) is -4.58. The van der Waals surface area contributed by atoms with Gasteiger partial charge in [0, 0.05) is 6.54 Å². The number of amides is 1. The van der Waals surface area contributed by atoms with Crippen LogP contribution in [0.3, 0.4) is 0 Å². The van der Waals surface area contributed by atoms with Crippen LogP contribution in [0.1, 0.15) is 6.92 Å². The molecule has 0 bridgehead atoms. The molecule has 2 N–H and O–H groups in total. The smallest absolute Gasteiger partial charge is 0.438 e. The van der Waals surface area contributed by atoms with Gasteiger partial charge in [-0.15, -0.1) is 0 Å². The minimum absolute atomic E-state index is 0.303. The quantitative estimate of drug-likeness (QED) is 0.369. The molecule has 0 saturated heterocycles. The Kier molecular flexibility index (Phi) is 7.48. The zero-order chi connectivity index (χ0) is 28.2. The number of esters is 1. The van der Waals surface area contributed by atoms with E-state index in [1.807, 2.05) is 0 Å². The molecule has 0 spiro atoms. The molecule has 0 fully saturated rings. The molecule has 1 atom stereocenters. The van der Waals surface area contributed by atoms with Crippen molar-refractivity contribution in [1.29, 1.82) is 0 Å². The zero-order valence-corrected chi connectivity index (χ0v) is 16.4. The van der Waals surface area contributed by atoms with Gasteiger partial charge in [-0.05, 0) is 6.92 Å². The van der Waals surface area contributed by atoms with Crippen molar-refractivity contribution in [3.63, 3.8) is 0 Å². The van der Waals surface area contributed by atoms with Crippen molar-refractivity contribution in [1.82, 2.24) is 5.01 Å². The fourth-order valence-electron chi connectivity index (χ4n) is 2.39. The Morgan fingerprint density at radius 1 is 0.857 bits per heavy atom. The molecule has 21 heteroatoms. The lowest BCUT2D eigenvalue weighted by Crippen LogP contribution is -2.75. The number of ether oxygens (including phenoxy) is 1. The lowest BCUT2D eigenvalue weighted by molar-refractivity contribution is -0.457. The Morgan fingerprint density at radius 2 is 1.29 bits per heavy atom. The first-order valence-corrected chi connectivity index (χ1v) is 8.42. The summed E-state index contributed by atoms with van der Waals surface area (Å²) in [5.74, 6) is -35.2. The topological polar surface area (TPSA) is 85.0 Å². The molecule has 1 heterocycles. The van der Waals surface area contributed by atoms with E-state index in [0.29, 0.717) is 5.01 Å². The highest BCUT2D eigenvalue weighted by atomic mass is 19.4. The lowest BCUT2D eigenvalue weighted by Gasteiger charge is -2.43. The highest BCUT2D eigenvalue weighted by Crippen LogP contribution is 2.63. The molecular weight excluding hydrogens is 543 g/mol. The summed E-state index contributed by atoms with van der Waals surface area (Å²) < 4.78 is 200. The molecular formula is C14H10F15N3O3. The number of nitrogens with zero attached hydrogens (tertiary/aromatic N) is 2. The van der Waals surface area contributed by atoms with E-state index >= 15 is 0 Å². The molecule has 6 nitrogen and oxygen atoms in total. The molecule has 204 valence electrons. The molecule has 1 amide bonds. The molecule has 0 saturated carbocycles. The van der Waals surface area contributed by atoms with E-state index in [-0.39, 0.29) is 6.54 Å². The number of carbonyl (C=O) groups excluding carboxylic acids is 2. The number of hydrogen-bond acceptors (Lipinski definition) is 5. The van der Waals surface area contributed by atoms with Crippen molar-refractivity contribution in [2.75, 3.05) is 13.2 Å². The van der Waals surface area contributed by atoms with E-state index in [0.717, 1.165) is 0 Å². The molecule has 0 aliphatic carbocycles. The Hall–Kier alpha value is -2.48. The van der Waals surface area contributed by atoms with Crippen LogP contribution in [0.4, 0.5) is 65.9 Å². The predicted molar refractivity (Wildman–Crippen MR) is 79.5 cm³/mol. The Bertz CT molecular complexity index is 866. The number of alkyl halides is 15. The van der Waals surface area contributed by atoms with Gasteiger partial charge >= 0.3 is 47.7 Å². The van der Waals surface area contributed by atoms with Gasteiger partial charge in [0.2, 0.25) is 0 Å². The van der Waals surface area contributed by atoms with Gasteiger partial charge in [0.15, 0.2) is 12.3 Å². The van der Waals surface area contributed by atoms with Crippen LogP contribution in [0.15, 0.2) is 5.10 Å². The predicted octanol–water partition coefficient (Wildman–Crippen LogP) is 3.45. The van der Waals surface area contributed by atoms with Gasteiger partial charge in [-0.3, -0.25) is 4.79 Å². The summed E-state index contributed by atoms with van der Waals surface area (Å²) in [4.78, 5) is 23.1. The van der Waals surface area contributed by atoms with Gasteiger partial charge in [-0.2, -0.15) is 66.6 Å². The Labute approximate surface area is 182 Å². The van der Waals surface area contributed by atoms with Gasteiger partial charge < -0.3 is 10.5 Å². The van der Waals surface area contributed by atoms with Gasteiger partial charge in [-0.1, -0.05) is 0 Å². The van der Waals surface area contributed by atoms with Crippen LogP contribution in [0.5, 0.6) is 0 Å². The van der Waals surface area contributed by atoms with Crippen molar-refractivity contribution >= 4 is 17.6 Å². The van der Waals surface area contributed by atoms with E-state index in [9.17, 15) is 75.4 Å². The third-order valence-corrected chi connectivity index (χ3v) is 4.40. The van der Waals surface area contributed by atoms with E-state index in [4.69, 9.17) is 5.73 Å². The molecule has 1 aliphatic heterocycles. The minimum atomic E-state index is -8.58. The first kappa shape index (κ1) is 30.6. The minimum Gasteiger partial charge on any atom is -0.454 e. The molecule has 1 rings (SSSR count). The maximum Gasteiger partial charge on any atom is 0.438 e. The second-order valence-electron chi connectivity index (χ2n) is 6.67. The maximum atomic E-state index is 13.7. The van der Waals surface area contributed by atoms with Crippen LogP contribution in [0.2, 0.25) is 0 Å². The summed E-state index contributed by atoms with van der Waals surface area (Å²) in [6.07, 6.45) is -16.1. The van der Waals surface area contributed by atoms with Crippen molar-refractivity contribution in [3.8, 4) is 0 Å². The molecule has 0 aromatic rings. The van der Waals surface area contributed by atoms with Gasteiger partial charge in [0.25, 0.3) is 5.91 Å². The number of hydrogen-bond donors (Lipinski definition) is 1. The average molecular weight is 553 g/mol. The van der Waals surface area contributed by atoms with Crippen molar-refractivity contribution in [2.45, 2.75) is 54.7 Å². The van der Waals surface area contributed by atoms with Crippen LogP contribution in [0.25, 0.3) is 0 Å². The van der Waals surface area contributed by atoms with Crippen LogP contribution in [-0.2, 0) is 14.3 Å². The summed E-state index contributed by atoms with van der Waals surface area (Å²) in [6.45, 7) is -2.46. The van der Waals surface area contributed by atoms with Crippen molar-refractivity contribution in [2.24, 2.45) is 10.8 Å². The fraction of sp³-hybridized carbons (Fsp3) is 0.786. The summed E-state index contributed by atoms with van der Waals surface area (Å²) in [5, 5.41) is 3.52. The van der Waals surface area contributed by atoms with E-state index in [1.54, 1.807) is 0 Å². The number of hydrazone groups is 1. The second-order valence-corrected chi connectivity index (χ2v) is 6.67. The standard InChI is InChI=1S/C14H10F15N3O3/c1-2-32-6(33)4(30)5(31-32)7(34)35-3-8(15,16)10(18,19)12(22,23)11(20,21)9(17,13(24,25)26)14(27,28)29/h4H,2-3,30H2,1H3. The largest absolute Gasteiger partial charge is 0.454 e. The van der Waals surface area contributed by atoms with Crippen LogP contribution in [0, 0.1) is 0 Å². The van der Waals surface area contributed by atoms with Crippen molar-refractivity contribution in [3.05, 3.63) is 0 Å². The van der Waals surface area contributed by atoms with Crippen LogP contribution >= 0.6 is 0 Å². The normalized spacial score (nSPS) is 19.2. The summed E-state index contributed by atoms with van der Waals surface area (Å²) in [6, 6.07) is -2.06. The Balaban J connectivity index is 3.37. The van der Waals surface area contributed by atoms with E-state index in [2.05, 4.69) is 9.84 Å². The highest BCUT2D eigenvalue weighted by Gasteiger charge is 2.95. The lowest BCUT2D eigenvalue weighted by atomic mass is 9.86. The molecule has 0 radical (unpaired) electrons. The molecule has 0 aromatic heterocycles. The number of nitrogens with two attached hydrogens (primary N) is 1. The van der Waals surface area contributed by atoms with Crippen molar-refractivity contribution < 1.29 is 80.2 Å². The number of carbonyl (C=O) groups is 2. The molecule has 35 heavy (non-hydrogen) atoms. The summed E-state index contributed by atoms with van der Waals surface area (Å²) >= 11 is 0. The number of rotatable bonds is 8. The molecule has 0 aromatic carbocycles. The molecule has 1 unspecified atom stereocenters. The highest BCUT2D eigenvalue weighted by molar-refractivity contribution is 6.44. The van der Waals surface area contributed by atoms with Gasteiger partial charge in [0.1, 0.15) is 6.04 Å². The monoisotopic (exact) mass is 553 g/mol. The fourth-order valence-corrected chi connectivity index (χ4v) is 2.39. The van der Waals surface area contributed by atoms with Crippen LogP contribution < -0.4 is 5.73 Å². The van der Waals surface area contributed by atoms with Gasteiger partial charge in [0.05, 0.1) is 0 Å². The molecule has 1 aliphatic rings.